The molecular weight excluding hydrogens is 462 g/mol. The van der Waals surface area contributed by atoms with Gasteiger partial charge in [-0.05, 0) is 44.8 Å². The second-order valence-corrected chi connectivity index (χ2v) is 9.99. The molecule has 0 aliphatic carbocycles. The van der Waals surface area contributed by atoms with Crippen LogP contribution >= 0.6 is 0 Å². The van der Waals surface area contributed by atoms with E-state index in [0.29, 0.717) is 35.4 Å². The molecule has 1 aromatic carbocycles. The molecule has 1 saturated heterocycles. The first kappa shape index (κ1) is 27.3. The molecule has 0 radical (unpaired) electrons. The summed E-state index contributed by atoms with van der Waals surface area (Å²) in [6.45, 7) is 7.93. The second kappa shape index (κ2) is 11.2. The zero-order valence-corrected chi connectivity index (χ0v) is 22.1. The van der Waals surface area contributed by atoms with Gasteiger partial charge in [0.1, 0.15) is 23.9 Å². The predicted octanol–water partition coefficient (Wildman–Crippen LogP) is 1.43. The molecule has 3 atom stereocenters. The van der Waals surface area contributed by atoms with Gasteiger partial charge in [-0.3, -0.25) is 14.4 Å². The number of hydrogen-bond acceptors (Lipinski definition) is 9. The van der Waals surface area contributed by atoms with Crippen molar-refractivity contribution in [1.29, 1.82) is 0 Å². The molecule has 0 bridgehead atoms. The van der Waals surface area contributed by atoms with Crippen LogP contribution in [0.1, 0.15) is 40.5 Å². The molecule has 36 heavy (non-hydrogen) atoms. The third-order valence-electron chi connectivity index (χ3n) is 6.44. The number of anilines is 2. The molecule has 1 aliphatic rings. The highest BCUT2D eigenvalue weighted by atomic mass is 16.5. The molecule has 1 aromatic heterocycles. The fraction of sp³-hybridized carbons (Fsp3) is 0.560. The maximum absolute atomic E-state index is 14.2. The van der Waals surface area contributed by atoms with Crippen LogP contribution in [-0.2, 0) is 14.4 Å². The van der Waals surface area contributed by atoms with Gasteiger partial charge in [-0.15, -0.1) is 0 Å². The fourth-order valence-electron chi connectivity index (χ4n) is 4.18. The standard InChI is InChI=1S/C25H37N7O4/c1-14(26-5)22(33)31-20(25(2,3)4)24(35)32(23(34)16-9-8-10-28-16)18-11-15-17(12-19(18)36-7)29-13-30-21(15)27-6/h11-14,16,20,26,28H,8-10H2,1-7H3,(H,31,33)(H,27,29,30)/t14-,16-,20+/m0/s1. The quantitative estimate of drug-likeness (QED) is 0.425. The number of rotatable bonds is 8. The van der Waals surface area contributed by atoms with E-state index in [9.17, 15) is 14.4 Å². The second-order valence-electron chi connectivity index (χ2n) is 9.99. The van der Waals surface area contributed by atoms with Crippen molar-refractivity contribution in [2.24, 2.45) is 5.41 Å². The van der Waals surface area contributed by atoms with Crippen molar-refractivity contribution in [3.63, 3.8) is 0 Å². The van der Waals surface area contributed by atoms with Crippen LogP contribution in [0.25, 0.3) is 10.9 Å². The summed E-state index contributed by atoms with van der Waals surface area (Å²) in [6, 6.07) is 1.33. The van der Waals surface area contributed by atoms with Gasteiger partial charge >= 0.3 is 0 Å². The average molecular weight is 500 g/mol. The van der Waals surface area contributed by atoms with E-state index in [-0.39, 0.29) is 11.6 Å². The average Bonchev–Trinajstić information content (AvgIpc) is 3.40. The molecule has 1 fully saturated rings. The Balaban J connectivity index is 2.19. The van der Waals surface area contributed by atoms with Crippen LogP contribution in [0.15, 0.2) is 18.5 Å². The Kier molecular flexibility index (Phi) is 8.47. The van der Waals surface area contributed by atoms with E-state index >= 15 is 0 Å². The number of carbonyl (C=O) groups excluding carboxylic acids is 3. The summed E-state index contributed by atoms with van der Waals surface area (Å²) < 4.78 is 5.63. The van der Waals surface area contributed by atoms with Crippen LogP contribution in [0, 0.1) is 5.41 Å². The number of nitrogens with zero attached hydrogens (tertiary/aromatic N) is 3. The van der Waals surface area contributed by atoms with Crippen molar-refractivity contribution >= 4 is 40.1 Å². The smallest absolute Gasteiger partial charge is 0.257 e. The number of nitrogens with one attached hydrogen (secondary N) is 4. The summed E-state index contributed by atoms with van der Waals surface area (Å²) in [5, 5.41) is 12.6. The number of aromatic nitrogens is 2. The SMILES string of the molecule is CNc1ncnc2cc(OC)c(N(C(=O)[C@@H]3CCCN3)C(=O)[C@@H](NC(=O)[C@H](C)NC)C(C)(C)C)cc12. The van der Waals surface area contributed by atoms with Gasteiger partial charge in [0.2, 0.25) is 5.91 Å². The number of benzene rings is 1. The predicted molar refractivity (Wildman–Crippen MR) is 139 cm³/mol. The lowest BCUT2D eigenvalue weighted by atomic mass is 9.85. The molecule has 2 heterocycles. The highest BCUT2D eigenvalue weighted by molar-refractivity contribution is 6.20. The fourth-order valence-corrected chi connectivity index (χ4v) is 4.18. The minimum Gasteiger partial charge on any atom is -0.494 e. The molecular formula is C25H37N7O4. The number of methoxy groups -OCH3 is 1. The van der Waals surface area contributed by atoms with Crippen LogP contribution in [0.3, 0.4) is 0 Å². The van der Waals surface area contributed by atoms with Gasteiger partial charge in [-0.1, -0.05) is 20.8 Å². The Bertz CT molecular complexity index is 1130. The molecule has 0 spiro atoms. The number of likely N-dealkylation sites (N-methyl/N-ethyl adjacent to an activating group) is 1. The van der Waals surface area contributed by atoms with Gasteiger partial charge < -0.3 is 26.0 Å². The molecule has 4 N–H and O–H groups in total. The normalized spacial score (nSPS) is 17.4. The van der Waals surface area contributed by atoms with Crippen LogP contribution in [0.2, 0.25) is 0 Å². The summed E-state index contributed by atoms with van der Waals surface area (Å²) in [5.41, 5.74) is 0.174. The van der Waals surface area contributed by atoms with E-state index in [1.54, 1.807) is 33.2 Å². The number of carbonyl (C=O) groups is 3. The third kappa shape index (κ3) is 5.57. The van der Waals surface area contributed by atoms with Crippen molar-refractivity contribution in [3.8, 4) is 5.75 Å². The largest absolute Gasteiger partial charge is 0.494 e. The Morgan fingerprint density at radius 2 is 1.92 bits per heavy atom. The van der Waals surface area contributed by atoms with Gasteiger partial charge in [0.05, 0.1) is 30.4 Å². The summed E-state index contributed by atoms with van der Waals surface area (Å²) in [4.78, 5) is 50.6. The highest BCUT2D eigenvalue weighted by Gasteiger charge is 2.42. The minimum atomic E-state index is -0.984. The summed E-state index contributed by atoms with van der Waals surface area (Å²) in [7, 11) is 4.88. The maximum atomic E-state index is 14.2. The number of ether oxygens (including phenoxy) is 1. The van der Waals surface area contributed by atoms with Crippen molar-refractivity contribution in [2.45, 2.75) is 58.7 Å². The van der Waals surface area contributed by atoms with Gasteiger partial charge in [0.25, 0.3) is 11.8 Å². The lowest BCUT2D eigenvalue weighted by molar-refractivity contribution is -0.134. The lowest BCUT2D eigenvalue weighted by Crippen LogP contribution is -2.60. The first-order valence-corrected chi connectivity index (χ1v) is 12.1. The van der Waals surface area contributed by atoms with Crippen molar-refractivity contribution < 1.29 is 19.1 Å². The Hall–Kier alpha value is -3.31. The molecule has 3 amide bonds. The number of imide groups is 1. The molecule has 11 heteroatoms. The van der Waals surface area contributed by atoms with Crippen molar-refractivity contribution in [2.75, 3.05) is 38.0 Å². The molecule has 196 valence electrons. The van der Waals surface area contributed by atoms with E-state index in [0.717, 1.165) is 11.3 Å². The van der Waals surface area contributed by atoms with E-state index in [2.05, 4.69) is 31.2 Å². The number of amides is 3. The van der Waals surface area contributed by atoms with Gasteiger partial charge in [-0.25, -0.2) is 14.9 Å². The van der Waals surface area contributed by atoms with Gasteiger partial charge in [0, 0.05) is 18.5 Å². The molecule has 0 unspecified atom stereocenters. The van der Waals surface area contributed by atoms with E-state index in [1.807, 2.05) is 20.8 Å². The zero-order valence-electron chi connectivity index (χ0n) is 22.1. The third-order valence-corrected chi connectivity index (χ3v) is 6.44. The number of fused-ring (bicyclic) bond motifs is 1. The van der Waals surface area contributed by atoms with E-state index < -0.39 is 35.4 Å². The highest BCUT2D eigenvalue weighted by Crippen LogP contribution is 2.37. The monoisotopic (exact) mass is 499 g/mol. The zero-order chi connectivity index (χ0) is 26.6. The van der Waals surface area contributed by atoms with Crippen LogP contribution in [0.4, 0.5) is 11.5 Å². The van der Waals surface area contributed by atoms with E-state index in [4.69, 9.17) is 4.74 Å². The summed E-state index contributed by atoms with van der Waals surface area (Å²) in [6.07, 6.45) is 2.86. The first-order chi connectivity index (χ1) is 17.0. The molecule has 0 saturated carbocycles. The summed E-state index contributed by atoms with van der Waals surface area (Å²) in [5.74, 6) is -0.424. The van der Waals surface area contributed by atoms with Gasteiger partial charge in [-0.2, -0.15) is 0 Å². The van der Waals surface area contributed by atoms with Crippen LogP contribution < -0.4 is 30.9 Å². The molecule has 1 aliphatic heterocycles. The van der Waals surface area contributed by atoms with Crippen LogP contribution in [0.5, 0.6) is 5.75 Å². The lowest BCUT2D eigenvalue weighted by Gasteiger charge is -2.36. The maximum Gasteiger partial charge on any atom is 0.257 e. The Morgan fingerprint density at radius 1 is 1.19 bits per heavy atom. The van der Waals surface area contributed by atoms with E-state index in [1.165, 1.54) is 13.4 Å². The van der Waals surface area contributed by atoms with Crippen LogP contribution in [-0.4, -0.2) is 73.6 Å². The number of hydrogen-bond donors (Lipinski definition) is 4. The Labute approximate surface area is 211 Å². The molecule has 2 aromatic rings. The van der Waals surface area contributed by atoms with Crippen molar-refractivity contribution in [3.05, 3.63) is 18.5 Å². The summed E-state index contributed by atoms with van der Waals surface area (Å²) >= 11 is 0. The Morgan fingerprint density at radius 3 is 2.47 bits per heavy atom. The van der Waals surface area contributed by atoms with Gasteiger partial charge in [0.15, 0.2) is 0 Å². The first-order valence-electron chi connectivity index (χ1n) is 12.1. The molecule has 11 nitrogen and oxygen atoms in total. The minimum absolute atomic E-state index is 0.269. The topological polar surface area (TPSA) is 138 Å². The molecule has 3 rings (SSSR count). The van der Waals surface area contributed by atoms with Crippen molar-refractivity contribution in [1.82, 2.24) is 25.9 Å².